The Hall–Kier alpha value is -1.77. The summed E-state index contributed by atoms with van der Waals surface area (Å²) in [7, 11) is 0. The molecule has 0 amide bonds. The second kappa shape index (κ2) is 4.97. The highest BCUT2D eigenvalue weighted by Gasteiger charge is 2.44. The summed E-state index contributed by atoms with van der Waals surface area (Å²) in [5.41, 5.74) is 0.711. The molecule has 3 nitrogen and oxygen atoms in total. The molecule has 20 heavy (non-hydrogen) atoms. The van der Waals surface area contributed by atoms with Crippen molar-refractivity contribution in [2.75, 3.05) is 0 Å². The van der Waals surface area contributed by atoms with Crippen molar-refractivity contribution in [3.63, 3.8) is 0 Å². The number of benzene rings is 1. The molecule has 1 aromatic carbocycles. The van der Waals surface area contributed by atoms with Crippen LogP contribution < -0.4 is 0 Å². The van der Waals surface area contributed by atoms with Crippen molar-refractivity contribution < 1.29 is 14.4 Å². The first-order valence-corrected chi connectivity index (χ1v) is 7.31. The Balaban J connectivity index is 1.99. The van der Waals surface area contributed by atoms with E-state index in [-0.39, 0.29) is 17.3 Å². The Morgan fingerprint density at radius 3 is 2.35 bits per heavy atom. The first-order chi connectivity index (χ1) is 9.59. The number of carbonyl (C=O) groups is 3. The Kier molecular flexibility index (Phi) is 3.28. The van der Waals surface area contributed by atoms with Crippen molar-refractivity contribution in [3.8, 4) is 0 Å². The molecule has 0 aliphatic heterocycles. The molecule has 2 aliphatic rings. The van der Waals surface area contributed by atoms with Gasteiger partial charge in [-0.05, 0) is 24.7 Å². The van der Waals surface area contributed by atoms with Crippen molar-refractivity contribution >= 4 is 17.3 Å². The average Bonchev–Trinajstić information content (AvgIpc) is 2.45. The van der Waals surface area contributed by atoms with Crippen molar-refractivity contribution in [2.45, 2.75) is 32.6 Å². The summed E-state index contributed by atoms with van der Waals surface area (Å²) >= 11 is 0. The lowest BCUT2D eigenvalue weighted by molar-refractivity contribution is -0.119. The Morgan fingerprint density at radius 2 is 1.65 bits per heavy atom. The van der Waals surface area contributed by atoms with Gasteiger partial charge < -0.3 is 0 Å². The van der Waals surface area contributed by atoms with Crippen molar-refractivity contribution in [3.05, 3.63) is 35.4 Å². The van der Waals surface area contributed by atoms with Crippen LogP contribution in [0.2, 0.25) is 0 Å². The zero-order chi connectivity index (χ0) is 14.3. The first-order valence-electron chi connectivity index (χ1n) is 7.31. The molecule has 1 fully saturated rings. The van der Waals surface area contributed by atoms with E-state index in [1.54, 1.807) is 24.3 Å². The van der Waals surface area contributed by atoms with E-state index in [1.165, 1.54) is 0 Å². The smallest absolute Gasteiger partial charge is 0.230 e. The normalized spacial score (nSPS) is 30.2. The van der Waals surface area contributed by atoms with Gasteiger partial charge in [0.25, 0.3) is 0 Å². The highest BCUT2D eigenvalue weighted by atomic mass is 16.2. The standard InChI is InChI=1S/C17H18O3/c1-10-5-4-6-11(9-10)14-15(18)12-7-2-3-8-13(12)16(19)17(14)20/h2-3,7-8,10-11,14H,4-6,9H2,1H3. The zero-order valence-corrected chi connectivity index (χ0v) is 11.6. The quantitative estimate of drug-likeness (QED) is 0.582. The van der Waals surface area contributed by atoms with Crippen LogP contribution in [-0.4, -0.2) is 17.3 Å². The molecule has 3 atom stereocenters. The van der Waals surface area contributed by atoms with E-state index in [0.717, 1.165) is 25.7 Å². The lowest BCUT2D eigenvalue weighted by Gasteiger charge is -2.33. The maximum Gasteiger partial charge on any atom is 0.230 e. The van der Waals surface area contributed by atoms with Crippen molar-refractivity contribution in [1.82, 2.24) is 0 Å². The highest BCUT2D eigenvalue weighted by Crippen LogP contribution is 2.38. The molecule has 0 spiro atoms. The monoisotopic (exact) mass is 270 g/mol. The molecule has 0 aromatic heterocycles. The van der Waals surface area contributed by atoms with Crippen LogP contribution in [0.3, 0.4) is 0 Å². The summed E-state index contributed by atoms with van der Waals surface area (Å²) in [4.78, 5) is 37.1. The van der Waals surface area contributed by atoms with Gasteiger partial charge in [-0.15, -0.1) is 0 Å². The van der Waals surface area contributed by atoms with Gasteiger partial charge in [-0.3, -0.25) is 14.4 Å². The van der Waals surface area contributed by atoms with Crippen LogP contribution in [0.4, 0.5) is 0 Å². The lowest BCUT2D eigenvalue weighted by Crippen LogP contribution is -2.42. The number of hydrogen-bond acceptors (Lipinski definition) is 3. The number of fused-ring (bicyclic) bond motifs is 1. The van der Waals surface area contributed by atoms with Crippen molar-refractivity contribution in [1.29, 1.82) is 0 Å². The minimum absolute atomic E-state index is 0.0380. The minimum atomic E-state index is -0.736. The molecular formula is C17H18O3. The summed E-state index contributed by atoms with van der Waals surface area (Å²) in [6.45, 7) is 2.15. The van der Waals surface area contributed by atoms with Gasteiger partial charge >= 0.3 is 0 Å². The fraction of sp³-hybridized carbons (Fsp3) is 0.471. The molecule has 104 valence electrons. The molecule has 1 saturated carbocycles. The summed E-state index contributed by atoms with van der Waals surface area (Å²) < 4.78 is 0. The van der Waals surface area contributed by atoms with Gasteiger partial charge in [0.2, 0.25) is 11.6 Å². The first kappa shape index (κ1) is 13.2. The SMILES string of the molecule is CC1CCCC(C2C(=O)C(=O)c3ccccc3C2=O)C1. The van der Waals surface area contributed by atoms with E-state index < -0.39 is 17.5 Å². The maximum atomic E-state index is 12.6. The summed E-state index contributed by atoms with van der Waals surface area (Å²) in [5, 5.41) is 0. The number of ketones is 3. The van der Waals surface area contributed by atoms with E-state index in [1.807, 2.05) is 0 Å². The molecule has 0 N–H and O–H groups in total. The van der Waals surface area contributed by atoms with Gasteiger partial charge in [-0.2, -0.15) is 0 Å². The Bertz CT molecular complexity index is 588. The van der Waals surface area contributed by atoms with Gasteiger partial charge in [0.05, 0.1) is 5.92 Å². The molecule has 0 saturated heterocycles. The predicted octanol–water partition coefficient (Wildman–Crippen LogP) is 3.08. The van der Waals surface area contributed by atoms with Gasteiger partial charge in [-0.25, -0.2) is 0 Å². The fourth-order valence-corrected chi connectivity index (χ4v) is 3.67. The third-order valence-corrected chi connectivity index (χ3v) is 4.67. The Morgan fingerprint density at radius 1 is 0.950 bits per heavy atom. The minimum Gasteiger partial charge on any atom is -0.293 e. The molecule has 1 aromatic rings. The number of Topliss-reactive ketones (excluding diaryl/α,β-unsaturated/α-hetero) is 3. The third-order valence-electron chi connectivity index (χ3n) is 4.67. The van der Waals surface area contributed by atoms with Crippen LogP contribution in [0.5, 0.6) is 0 Å². The average molecular weight is 270 g/mol. The molecule has 3 unspecified atom stereocenters. The molecule has 3 heteroatoms. The molecule has 0 heterocycles. The zero-order valence-electron chi connectivity index (χ0n) is 11.6. The molecule has 3 rings (SSSR count). The van der Waals surface area contributed by atoms with E-state index in [9.17, 15) is 14.4 Å². The third kappa shape index (κ3) is 2.01. The van der Waals surface area contributed by atoms with E-state index in [4.69, 9.17) is 0 Å². The topological polar surface area (TPSA) is 51.2 Å². The van der Waals surface area contributed by atoms with Crippen LogP contribution in [0.25, 0.3) is 0 Å². The maximum absolute atomic E-state index is 12.6. The van der Waals surface area contributed by atoms with E-state index >= 15 is 0 Å². The van der Waals surface area contributed by atoms with Crippen LogP contribution in [0.15, 0.2) is 24.3 Å². The number of rotatable bonds is 1. The van der Waals surface area contributed by atoms with Crippen LogP contribution in [0.1, 0.15) is 53.3 Å². The second-order valence-electron chi connectivity index (χ2n) is 6.11. The second-order valence-corrected chi connectivity index (χ2v) is 6.11. The van der Waals surface area contributed by atoms with Crippen molar-refractivity contribution in [2.24, 2.45) is 17.8 Å². The summed E-state index contributed by atoms with van der Waals surface area (Å²) in [6, 6.07) is 6.69. The highest BCUT2D eigenvalue weighted by molar-refractivity contribution is 6.51. The van der Waals surface area contributed by atoms with Gasteiger partial charge in [0.1, 0.15) is 0 Å². The number of carbonyl (C=O) groups excluding carboxylic acids is 3. The Labute approximate surface area is 118 Å². The van der Waals surface area contributed by atoms with Gasteiger partial charge in [-0.1, -0.05) is 44.0 Å². The number of hydrogen-bond donors (Lipinski definition) is 0. The largest absolute Gasteiger partial charge is 0.293 e. The van der Waals surface area contributed by atoms with E-state index in [2.05, 4.69) is 6.92 Å². The molecule has 0 bridgehead atoms. The predicted molar refractivity (Wildman–Crippen MR) is 74.7 cm³/mol. The molecule has 0 radical (unpaired) electrons. The van der Waals surface area contributed by atoms with Gasteiger partial charge in [0, 0.05) is 11.1 Å². The summed E-state index contributed by atoms with van der Waals surface area (Å²) in [6.07, 6.45) is 3.94. The van der Waals surface area contributed by atoms with Crippen LogP contribution in [-0.2, 0) is 4.79 Å². The van der Waals surface area contributed by atoms with Gasteiger partial charge in [0.15, 0.2) is 5.78 Å². The molecular weight excluding hydrogens is 252 g/mol. The lowest BCUT2D eigenvalue weighted by atomic mass is 9.68. The fourth-order valence-electron chi connectivity index (χ4n) is 3.67. The summed E-state index contributed by atoms with van der Waals surface area (Å²) in [5.74, 6) is -1.29. The van der Waals surface area contributed by atoms with Crippen LogP contribution >= 0.6 is 0 Å². The molecule has 2 aliphatic carbocycles. The van der Waals surface area contributed by atoms with Crippen LogP contribution in [0, 0.1) is 17.8 Å². The van der Waals surface area contributed by atoms with E-state index in [0.29, 0.717) is 11.5 Å².